The summed E-state index contributed by atoms with van der Waals surface area (Å²) in [6.07, 6.45) is 3.34. The largest absolute Gasteiger partial charge is 0.376 e. The highest BCUT2D eigenvalue weighted by molar-refractivity contribution is 14.0. The highest BCUT2D eigenvalue weighted by atomic mass is 127. The highest BCUT2D eigenvalue weighted by Crippen LogP contribution is 2.11. The smallest absolute Gasteiger partial charge is 0.261 e. The van der Waals surface area contributed by atoms with Crippen molar-refractivity contribution in [2.45, 2.75) is 32.3 Å². The molecule has 1 aliphatic heterocycles. The number of aliphatic imine (C=N–C) groups is 1. The number of ether oxygens (including phenoxy) is 1. The molecule has 0 radical (unpaired) electrons. The van der Waals surface area contributed by atoms with E-state index in [-0.39, 0.29) is 36.0 Å². The molecule has 0 saturated carbocycles. The predicted molar refractivity (Wildman–Crippen MR) is 110 cm³/mol. The van der Waals surface area contributed by atoms with Crippen molar-refractivity contribution in [3.05, 3.63) is 22.4 Å². The second-order valence-electron chi connectivity index (χ2n) is 5.37. The van der Waals surface area contributed by atoms with Crippen LogP contribution < -0.4 is 16.0 Å². The van der Waals surface area contributed by atoms with E-state index in [1.165, 1.54) is 11.3 Å². The van der Waals surface area contributed by atoms with Crippen molar-refractivity contribution in [1.29, 1.82) is 0 Å². The van der Waals surface area contributed by atoms with Crippen LogP contribution in [0.25, 0.3) is 0 Å². The molecule has 1 amide bonds. The molecule has 1 fully saturated rings. The van der Waals surface area contributed by atoms with E-state index in [0.29, 0.717) is 13.1 Å². The second-order valence-corrected chi connectivity index (χ2v) is 6.32. The molecule has 1 saturated heterocycles. The van der Waals surface area contributed by atoms with Gasteiger partial charge < -0.3 is 20.7 Å². The van der Waals surface area contributed by atoms with Crippen molar-refractivity contribution in [1.82, 2.24) is 16.0 Å². The number of rotatable bonds is 8. The summed E-state index contributed by atoms with van der Waals surface area (Å²) in [7, 11) is 0. The first-order chi connectivity index (χ1) is 11.3. The molecule has 8 heteroatoms. The Morgan fingerprint density at radius 3 is 2.88 bits per heavy atom. The number of guanidine groups is 1. The molecule has 0 bridgehead atoms. The van der Waals surface area contributed by atoms with Gasteiger partial charge in [-0.1, -0.05) is 6.07 Å². The Labute approximate surface area is 164 Å². The van der Waals surface area contributed by atoms with Gasteiger partial charge in [-0.3, -0.25) is 9.79 Å². The molecule has 2 rings (SSSR count). The number of carbonyl (C=O) groups is 1. The van der Waals surface area contributed by atoms with E-state index < -0.39 is 0 Å². The molecule has 3 N–H and O–H groups in total. The van der Waals surface area contributed by atoms with Crippen LogP contribution in [0.4, 0.5) is 0 Å². The number of thiophene rings is 1. The van der Waals surface area contributed by atoms with E-state index in [1.807, 2.05) is 24.4 Å². The van der Waals surface area contributed by atoms with Gasteiger partial charge in [-0.05, 0) is 37.6 Å². The van der Waals surface area contributed by atoms with Crippen LogP contribution in [0.1, 0.15) is 35.9 Å². The molecule has 0 spiro atoms. The molecule has 1 unspecified atom stereocenters. The normalized spacial score (nSPS) is 17.2. The van der Waals surface area contributed by atoms with Gasteiger partial charge in [0.25, 0.3) is 5.91 Å². The van der Waals surface area contributed by atoms with Crippen molar-refractivity contribution in [2.24, 2.45) is 4.99 Å². The molecule has 136 valence electrons. The first-order valence-corrected chi connectivity index (χ1v) is 9.13. The number of halogens is 1. The minimum absolute atomic E-state index is 0. The fraction of sp³-hybridized carbons (Fsp3) is 0.625. The summed E-state index contributed by atoms with van der Waals surface area (Å²) in [6.45, 7) is 5.84. The summed E-state index contributed by atoms with van der Waals surface area (Å²) in [5.41, 5.74) is 0. The third-order valence-corrected chi connectivity index (χ3v) is 4.37. The lowest BCUT2D eigenvalue weighted by molar-refractivity contribution is 0.0957. The van der Waals surface area contributed by atoms with Crippen LogP contribution >= 0.6 is 35.3 Å². The SMILES string of the molecule is CCNC(=NCC1CCCO1)NCCCNC(=O)c1cccs1.I. The quantitative estimate of drug-likeness (QED) is 0.238. The van der Waals surface area contributed by atoms with Crippen LogP contribution in [0.3, 0.4) is 0 Å². The molecule has 2 heterocycles. The van der Waals surface area contributed by atoms with E-state index in [2.05, 4.69) is 20.9 Å². The van der Waals surface area contributed by atoms with E-state index in [4.69, 9.17) is 4.74 Å². The Bertz CT molecular complexity index is 490. The third-order valence-electron chi connectivity index (χ3n) is 3.50. The summed E-state index contributed by atoms with van der Waals surface area (Å²) in [5, 5.41) is 11.3. The Morgan fingerprint density at radius 1 is 1.38 bits per heavy atom. The van der Waals surface area contributed by atoms with E-state index in [9.17, 15) is 4.79 Å². The summed E-state index contributed by atoms with van der Waals surface area (Å²) >= 11 is 1.46. The molecule has 1 aromatic heterocycles. The topological polar surface area (TPSA) is 74.8 Å². The maximum Gasteiger partial charge on any atom is 0.261 e. The zero-order valence-corrected chi connectivity index (χ0v) is 17.2. The van der Waals surface area contributed by atoms with Crippen LogP contribution in [-0.2, 0) is 4.74 Å². The number of amides is 1. The van der Waals surface area contributed by atoms with Gasteiger partial charge in [0.1, 0.15) is 0 Å². The van der Waals surface area contributed by atoms with Crippen LogP contribution in [0.15, 0.2) is 22.5 Å². The zero-order chi connectivity index (χ0) is 16.3. The average Bonchev–Trinajstić information content (AvgIpc) is 3.25. The van der Waals surface area contributed by atoms with Crippen LogP contribution in [0, 0.1) is 0 Å². The van der Waals surface area contributed by atoms with Crippen molar-refractivity contribution in [2.75, 3.05) is 32.8 Å². The maximum atomic E-state index is 11.8. The summed E-state index contributed by atoms with van der Waals surface area (Å²) in [4.78, 5) is 17.1. The zero-order valence-electron chi connectivity index (χ0n) is 14.0. The lowest BCUT2D eigenvalue weighted by Gasteiger charge is -2.13. The van der Waals surface area contributed by atoms with Gasteiger partial charge in [0.2, 0.25) is 0 Å². The minimum atomic E-state index is -0.000967. The average molecular weight is 466 g/mol. The van der Waals surface area contributed by atoms with Gasteiger partial charge in [0.15, 0.2) is 5.96 Å². The Balaban J connectivity index is 0.00000288. The van der Waals surface area contributed by atoms with Gasteiger partial charge in [-0.25, -0.2) is 0 Å². The fourth-order valence-corrected chi connectivity index (χ4v) is 2.96. The first-order valence-electron chi connectivity index (χ1n) is 8.25. The molecular formula is C16H27IN4O2S. The number of hydrogen-bond donors (Lipinski definition) is 3. The summed E-state index contributed by atoms with van der Waals surface area (Å²) in [5.74, 6) is 0.812. The van der Waals surface area contributed by atoms with Gasteiger partial charge in [-0.2, -0.15) is 0 Å². The van der Waals surface area contributed by atoms with E-state index >= 15 is 0 Å². The van der Waals surface area contributed by atoms with Gasteiger partial charge in [-0.15, -0.1) is 35.3 Å². The summed E-state index contributed by atoms with van der Waals surface area (Å²) < 4.78 is 5.58. The summed E-state index contributed by atoms with van der Waals surface area (Å²) in [6, 6.07) is 3.72. The van der Waals surface area contributed by atoms with Crippen LogP contribution in [-0.4, -0.2) is 50.8 Å². The first kappa shape index (κ1) is 21.2. The molecule has 0 aromatic carbocycles. The number of carbonyl (C=O) groups excluding carboxylic acids is 1. The Kier molecular flexibility index (Phi) is 11.0. The minimum Gasteiger partial charge on any atom is -0.376 e. The Morgan fingerprint density at radius 2 is 2.21 bits per heavy atom. The lowest BCUT2D eigenvalue weighted by Crippen LogP contribution is -2.39. The van der Waals surface area contributed by atoms with Crippen molar-refractivity contribution in [3.63, 3.8) is 0 Å². The third kappa shape index (κ3) is 7.80. The van der Waals surface area contributed by atoms with Crippen LogP contribution in [0.5, 0.6) is 0 Å². The second kappa shape index (κ2) is 12.5. The van der Waals surface area contributed by atoms with E-state index in [0.717, 1.165) is 49.8 Å². The van der Waals surface area contributed by atoms with E-state index in [1.54, 1.807) is 0 Å². The molecule has 0 aliphatic carbocycles. The molecule has 1 aliphatic rings. The molecule has 6 nitrogen and oxygen atoms in total. The Hall–Kier alpha value is -0.870. The number of nitrogens with zero attached hydrogens (tertiary/aromatic N) is 1. The highest BCUT2D eigenvalue weighted by Gasteiger charge is 2.14. The predicted octanol–water partition coefficient (Wildman–Crippen LogP) is 2.22. The van der Waals surface area contributed by atoms with Crippen LogP contribution in [0.2, 0.25) is 0 Å². The molecule has 24 heavy (non-hydrogen) atoms. The van der Waals surface area contributed by atoms with Gasteiger partial charge in [0.05, 0.1) is 17.5 Å². The molecule has 1 aromatic rings. The fourth-order valence-electron chi connectivity index (χ4n) is 2.32. The van der Waals surface area contributed by atoms with Gasteiger partial charge >= 0.3 is 0 Å². The standard InChI is InChI=1S/C16H26N4O2S.HI/c1-2-17-16(20-12-13-6-3-10-22-13)19-9-5-8-18-15(21)14-7-4-11-23-14;/h4,7,11,13H,2-3,5-6,8-10,12H2,1H3,(H,18,21)(H2,17,19,20);1H. The monoisotopic (exact) mass is 466 g/mol. The number of hydrogen-bond acceptors (Lipinski definition) is 4. The number of nitrogens with one attached hydrogen (secondary N) is 3. The van der Waals surface area contributed by atoms with Crippen molar-refractivity contribution >= 4 is 47.2 Å². The molecule has 1 atom stereocenters. The molecular weight excluding hydrogens is 439 g/mol. The van der Waals surface area contributed by atoms with Gasteiger partial charge in [0, 0.05) is 26.2 Å². The lowest BCUT2D eigenvalue weighted by atomic mass is 10.2. The van der Waals surface area contributed by atoms with Crippen molar-refractivity contribution in [3.8, 4) is 0 Å². The van der Waals surface area contributed by atoms with Crippen molar-refractivity contribution < 1.29 is 9.53 Å². The maximum absolute atomic E-state index is 11.8.